The lowest BCUT2D eigenvalue weighted by atomic mass is 10.1. The van der Waals surface area contributed by atoms with Gasteiger partial charge in [-0.05, 0) is 26.7 Å². The minimum atomic E-state index is -0.357. The molecule has 0 saturated carbocycles. The van der Waals surface area contributed by atoms with Crippen LogP contribution in [0.2, 0.25) is 0 Å². The van der Waals surface area contributed by atoms with Crippen LogP contribution < -0.4 is 5.32 Å². The maximum Gasteiger partial charge on any atom is 0.409 e. The summed E-state index contributed by atoms with van der Waals surface area (Å²) in [6.45, 7) is 9.78. The number of carbonyl (C=O) groups excluding carboxylic acids is 2. The van der Waals surface area contributed by atoms with Crippen molar-refractivity contribution in [3.8, 4) is 0 Å². The van der Waals surface area contributed by atoms with Crippen molar-refractivity contribution in [2.24, 2.45) is 0 Å². The van der Waals surface area contributed by atoms with E-state index in [2.05, 4.69) is 11.9 Å². The summed E-state index contributed by atoms with van der Waals surface area (Å²) in [7, 11) is 0. The minimum Gasteiger partial charge on any atom is -0.463 e. The molecule has 0 radical (unpaired) electrons. The zero-order valence-corrected chi connectivity index (χ0v) is 12.3. The Bertz CT molecular complexity index is 349. The topological polar surface area (TPSA) is 67.9 Å². The molecule has 1 amide bonds. The zero-order valence-electron chi connectivity index (χ0n) is 12.3. The fourth-order valence-corrected chi connectivity index (χ4v) is 2.05. The monoisotopic (exact) mass is 284 g/mol. The van der Waals surface area contributed by atoms with E-state index in [1.165, 1.54) is 0 Å². The number of nitrogens with one attached hydrogen (secondary N) is 1. The van der Waals surface area contributed by atoms with Gasteiger partial charge in [-0.15, -0.1) is 0 Å². The third-order valence-electron chi connectivity index (χ3n) is 3.19. The lowest BCUT2D eigenvalue weighted by Crippen LogP contribution is -2.45. The third-order valence-corrected chi connectivity index (χ3v) is 3.19. The Morgan fingerprint density at radius 3 is 2.35 bits per heavy atom. The fraction of sp³-hybridized carbons (Fsp3) is 0.714. The van der Waals surface area contributed by atoms with Crippen molar-refractivity contribution in [1.29, 1.82) is 0 Å². The predicted molar refractivity (Wildman–Crippen MR) is 75.4 cm³/mol. The molecule has 0 aromatic carbocycles. The Morgan fingerprint density at radius 2 is 1.80 bits per heavy atom. The largest absolute Gasteiger partial charge is 0.463 e. The van der Waals surface area contributed by atoms with Crippen LogP contribution in [0.4, 0.5) is 4.79 Å². The molecular weight excluding hydrogens is 260 g/mol. The Hall–Kier alpha value is -1.56. The molecular formula is C14H24N2O4. The summed E-state index contributed by atoms with van der Waals surface area (Å²) in [4.78, 5) is 24.6. The smallest absolute Gasteiger partial charge is 0.409 e. The van der Waals surface area contributed by atoms with E-state index in [-0.39, 0.29) is 18.1 Å². The highest BCUT2D eigenvalue weighted by Gasteiger charge is 2.23. The summed E-state index contributed by atoms with van der Waals surface area (Å²) in [6, 6.07) is 0.284. The van der Waals surface area contributed by atoms with Gasteiger partial charge in [-0.25, -0.2) is 9.59 Å². The summed E-state index contributed by atoms with van der Waals surface area (Å²) in [5.41, 5.74) is 0.430. The lowest BCUT2D eigenvalue weighted by Gasteiger charge is -2.31. The van der Waals surface area contributed by atoms with E-state index in [0.717, 1.165) is 12.8 Å². The van der Waals surface area contributed by atoms with Crippen molar-refractivity contribution < 1.29 is 19.1 Å². The van der Waals surface area contributed by atoms with Gasteiger partial charge in [0.2, 0.25) is 0 Å². The fourth-order valence-electron chi connectivity index (χ4n) is 2.05. The lowest BCUT2D eigenvalue weighted by molar-refractivity contribution is -0.138. The van der Waals surface area contributed by atoms with Crippen LogP contribution in [0, 0.1) is 0 Å². The van der Waals surface area contributed by atoms with Gasteiger partial charge in [0.25, 0.3) is 0 Å². The van der Waals surface area contributed by atoms with Gasteiger partial charge in [0, 0.05) is 31.2 Å². The molecule has 0 aromatic heterocycles. The summed E-state index contributed by atoms with van der Waals surface area (Å²) < 4.78 is 9.84. The average Bonchev–Trinajstić information content (AvgIpc) is 2.45. The van der Waals surface area contributed by atoms with Gasteiger partial charge in [-0.1, -0.05) is 6.58 Å². The first-order valence-corrected chi connectivity index (χ1v) is 7.08. The second-order valence-electron chi connectivity index (χ2n) is 4.67. The van der Waals surface area contributed by atoms with E-state index >= 15 is 0 Å². The van der Waals surface area contributed by atoms with Crippen molar-refractivity contribution >= 4 is 12.1 Å². The molecule has 1 aliphatic heterocycles. The van der Waals surface area contributed by atoms with Crippen molar-refractivity contribution in [3.63, 3.8) is 0 Å². The summed E-state index contributed by atoms with van der Waals surface area (Å²) in [6.07, 6.45) is 1.44. The number of ether oxygens (including phenoxy) is 2. The molecule has 0 aromatic rings. The van der Waals surface area contributed by atoms with Gasteiger partial charge in [-0.3, -0.25) is 0 Å². The summed E-state index contributed by atoms with van der Waals surface area (Å²) in [5, 5.41) is 3.27. The normalized spacial score (nSPS) is 15.8. The van der Waals surface area contributed by atoms with Crippen molar-refractivity contribution in [2.45, 2.75) is 32.7 Å². The standard InChI is InChI=1S/C14H24N2O4/c1-4-19-13(17)11(3)10-15-12-6-8-16(9-7-12)14(18)20-5-2/h12,15H,3-10H2,1-2H3. The van der Waals surface area contributed by atoms with E-state index in [9.17, 15) is 9.59 Å². The molecule has 6 nitrogen and oxygen atoms in total. The second-order valence-corrected chi connectivity index (χ2v) is 4.67. The molecule has 0 aliphatic carbocycles. The number of esters is 1. The number of piperidine rings is 1. The molecule has 6 heteroatoms. The van der Waals surface area contributed by atoms with Crippen LogP contribution in [0.3, 0.4) is 0 Å². The second kappa shape index (κ2) is 8.58. The number of amides is 1. The Labute approximate surface area is 120 Å². The van der Waals surface area contributed by atoms with Crippen molar-refractivity contribution in [1.82, 2.24) is 10.2 Å². The number of hydrogen-bond donors (Lipinski definition) is 1. The van der Waals surface area contributed by atoms with E-state index in [1.54, 1.807) is 18.7 Å². The van der Waals surface area contributed by atoms with Crippen LogP contribution in [0.15, 0.2) is 12.2 Å². The van der Waals surface area contributed by atoms with E-state index in [4.69, 9.17) is 9.47 Å². The molecule has 0 atom stereocenters. The highest BCUT2D eigenvalue weighted by atomic mass is 16.6. The van der Waals surface area contributed by atoms with Crippen LogP contribution in [0.25, 0.3) is 0 Å². The number of likely N-dealkylation sites (tertiary alicyclic amines) is 1. The highest BCUT2D eigenvalue weighted by molar-refractivity contribution is 5.88. The number of rotatable bonds is 6. The Kier molecular flexibility index (Phi) is 7.08. The van der Waals surface area contributed by atoms with Gasteiger partial charge in [-0.2, -0.15) is 0 Å². The van der Waals surface area contributed by atoms with Crippen molar-refractivity contribution in [3.05, 3.63) is 12.2 Å². The van der Waals surface area contributed by atoms with Gasteiger partial charge in [0.05, 0.1) is 13.2 Å². The molecule has 1 fully saturated rings. The third kappa shape index (κ3) is 5.21. The predicted octanol–water partition coefficient (Wildman–Crippen LogP) is 1.32. The van der Waals surface area contributed by atoms with Gasteiger partial charge >= 0.3 is 12.1 Å². The molecule has 114 valence electrons. The van der Waals surface area contributed by atoms with Crippen LogP contribution in [0.1, 0.15) is 26.7 Å². The number of hydrogen-bond acceptors (Lipinski definition) is 5. The average molecular weight is 284 g/mol. The highest BCUT2D eigenvalue weighted by Crippen LogP contribution is 2.11. The molecule has 1 aliphatic rings. The van der Waals surface area contributed by atoms with E-state index in [0.29, 0.717) is 38.4 Å². The molecule has 1 N–H and O–H groups in total. The molecule has 20 heavy (non-hydrogen) atoms. The van der Waals surface area contributed by atoms with Gasteiger partial charge in [0.15, 0.2) is 0 Å². The van der Waals surface area contributed by atoms with Crippen LogP contribution in [-0.2, 0) is 14.3 Å². The first-order valence-electron chi connectivity index (χ1n) is 7.08. The zero-order chi connectivity index (χ0) is 15.0. The van der Waals surface area contributed by atoms with Crippen molar-refractivity contribution in [2.75, 3.05) is 32.8 Å². The molecule has 1 saturated heterocycles. The molecule has 0 unspecified atom stereocenters. The Balaban J connectivity index is 2.24. The summed E-state index contributed by atoms with van der Waals surface area (Å²) >= 11 is 0. The maximum absolute atomic E-state index is 11.5. The molecule has 1 heterocycles. The molecule has 0 bridgehead atoms. The van der Waals surface area contributed by atoms with Crippen LogP contribution in [-0.4, -0.2) is 55.9 Å². The first-order chi connectivity index (χ1) is 9.58. The van der Waals surface area contributed by atoms with E-state index in [1.807, 2.05) is 0 Å². The van der Waals surface area contributed by atoms with Gasteiger partial charge < -0.3 is 19.7 Å². The van der Waals surface area contributed by atoms with Crippen LogP contribution >= 0.6 is 0 Å². The quantitative estimate of drug-likeness (QED) is 0.588. The van der Waals surface area contributed by atoms with Crippen LogP contribution in [0.5, 0.6) is 0 Å². The maximum atomic E-state index is 11.5. The molecule has 1 rings (SSSR count). The first kappa shape index (κ1) is 16.5. The number of nitrogens with zero attached hydrogens (tertiary/aromatic N) is 1. The van der Waals surface area contributed by atoms with Gasteiger partial charge in [0.1, 0.15) is 0 Å². The SMILES string of the molecule is C=C(CNC1CCN(C(=O)OCC)CC1)C(=O)OCC. The number of carbonyl (C=O) groups is 2. The minimum absolute atomic E-state index is 0.248. The Morgan fingerprint density at radius 1 is 1.20 bits per heavy atom. The molecule has 0 spiro atoms. The summed E-state index contributed by atoms with van der Waals surface area (Å²) in [5.74, 6) is -0.357. The van der Waals surface area contributed by atoms with E-state index < -0.39 is 0 Å².